The van der Waals surface area contributed by atoms with Crippen molar-refractivity contribution in [3.63, 3.8) is 0 Å². The molecule has 1 aliphatic carbocycles. The van der Waals surface area contributed by atoms with E-state index in [1.54, 1.807) is 10.8 Å². The Labute approximate surface area is 378 Å². The first-order chi connectivity index (χ1) is 32.0. The second-order valence-electron chi connectivity index (χ2n) is 16.9. The number of imidazole rings is 1. The molecule has 1 unspecified atom stereocenters. The zero-order valence-electron chi connectivity index (χ0n) is 38.6. The third-order valence-electron chi connectivity index (χ3n) is 12.1. The predicted octanol–water partition coefficient (Wildman–Crippen LogP) is 14.0. The molecule has 306 valence electrons. The quantitative estimate of drug-likeness (QED) is 0.149. The maximum atomic E-state index is 9.06. The molecule has 0 saturated heterocycles. The molecule has 11 rings (SSSR count). The number of fused-ring (bicyclic) bond motifs is 5. The fourth-order valence-corrected chi connectivity index (χ4v) is 10.3. The Hall–Kier alpha value is -6.55. The molecule has 0 N–H and O–H groups in total. The molecule has 10 aromatic rings. The number of aryl methyl sites for hydroxylation is 1. The first-order valence-corrected chi connectivity index (χ1v) is 22.2. The van der Waals surface area contributed by atoms with E-state index in [1.165, 1.54) is 5.56 Å². The van der Waals surface area contributed by atoms with Crippen LogP contribution in [0, 0.1) is 15.9 Å². The predicted molar refractivity (Wildman–Crippen MR) is 248 cm³/mol. The molecule has 1 atom stereocenters. The van der Waals surface area contributed by atoms with Crippen LogP contribution in [0.1, 0.15) is 61.8 Å². The van der Waals surface area contributed by atoms with Crippen molar-refractivity contribution >= 4 is 32.8 Å². The first kappa shape index (κ1) is 34.1. The van der Waals surface area contributed by atoms with Gasteiger partial charge in [-0.05, 0) is 29.2 Å². The van der Waals surface area contributed by atoms with E-state index < -0.39 is 0 Å². The van der Waals surface area contributed by atoms with Gasteiger partial charge in [-0.1, -0.05) is 38.9 Å². The summed E-state index contributed by atoms with van der Waals surface area (Å²) < 4.78 is 49.7. The van der Waals surface area contributed by atoms with Gasteiger partial charge in [-0.3, -0.25) is 0 Å². The third-order valence-corrected chi connectivity index (χ3v) is 13.2. The smallest absolute Gasteiger partial charge is 0.239 e. The van der Waals surface area contributed by atoms with Gasteiger partial charge in [0.05, 0.1) is 5.48 Å². The zero-order valence-corrected chi connectivity index (χ0v) is 36.8. The molecule has 1 aliphatic rings. The maximum absolute atomic E-state index is 9.06. The first-order valence-electron chi connectivity index (χ1n) is 23.1. The normalized spacial score (nSPS) is 15.0. The van der Waals surface area contributed by atoms with Gasteiger partial charge in [0.2, 0.25) is 0 Å². The monoisotopic (exact) mass is 987 g/mol. The van der Waals surface area contributed by atoms with Crippen LogP contribution in [0.4, 0.5) is 0 Å². The van der Waals surface area contributed by atoms with Crippen LogP contribution in [0.15, 0.2) is 170 Å². The molecule has 62 heavy (non-hydrogen) atoms. The average molecular weight is 988 g/mol. The fraction of sp³-hybridized carbons (Fsp3) is 0.143. The van der Waals surface area contributed by atoms with Crippen LogP contribution in [0.5, 0.6) is 11.5 Å². The molecule has 0 amide bonds. The Morgan fingerprint density at radius 1 is 0.694 bits per heavy atom. The molecule has 3 heterocycles. The summed E-state index contributed by atoms with van der Waals surface area (Å²) in [7, 11) is 0. The minimum Gasteiger partial charge on any atom is -0.239 e. The second kappa shape index (κ2) is 15.4. The summed E-state index contributed by atoms with van der Waals surface area (Å²) in [5.41, 5.74) is 12.1. The zero-order chi connectivity index (χ0) is 45.4. The summed E-state index contributed by atoms with van der Waals surface area (Å²) in [6.07, 6.45) is 4.64. The van der Waals surface area contributed by atoms with Crippen LogP contribution < -0.4 is 4.74 Å². The van der Waals surface area contributed by atoms with Crippen molar-refractivity contribution in [3.8, 4) is 45.3 Å². The van der Waals surface area contributed by atoms with Crippen molar-refractivity contribution in [3.05, 3.63) is 203 Å². The molecule has 7 aromatic carbocycles. The number of hydrogen-bond acceptors (Lipinski definition) is 2. The molecule has 0 fully saturated rings. The van der Waals surface area contributed by atoms with E-state index in [-0.39, 0.29) is 35.6 Å². The van der Waals surface area contributed by atoms with E-state index in [0.717, 1.165) is 73.2 Å². The molecule has 0 saturated carbocycles. The van der Waals surface area contributed by atoms with Gasteiger partial charge in [0.1, 0.15) is 0 Å². The standard InChI is InChI=1S/C56H44N4O.Pt/c1-56(2,3)41-32-33-57-54(34-41)60-50-24-11-10-21-46(50)47-31-30-43(36-53(47)60)61-42-29-28-40-20-14-27-49(48(40)35-42)58-37-59(52-26-13-12-25-51(52)58)55-44(38-16-6-4-7-17-38)22-15-23-45(55)39-18-8-5-9-19-39;/h4-13,15-19,21-26,28-34,49H,14,20,27H2,1-3H3;/q-2;/i10D,11D,21D,24D;. The molecule has 6 heteroatoms. The SMILES string of the molecule is [2H]c1c([2H])c([2H])c2c(c1[2H])c1ccc(Oc3[c-]c4c(cc3)CCCC4n3[c](=[Pt])n(-c4c(-c5ccccc5)cccc4-c4ccccc4)c4ccccc43)[c-]c1n2-c1cc(C(C)(C)C)ccn1. The van der Waals surface area contributed by atoms with Crippen LogP contribution in [0.3, 0.4) is 0 Å². The second-order valence-corrected chi connectivity index (χ2v) is 18.0. The van der Waals surface area contributed by atoms with E-state index in [4.69, 9.17) is 15.2 Å². The summed E-state index contributed by atoms with van der Waals surface area (Å²) in [6.45, 7) is 6.39. The van der Waals surface area contributed by atoms with Crippen molar-refractivity contribution in [2.45, 2.75) is 51.5 Å². The summed E-state index contributed by atoms with van der Waals surface area (Å²) in [5, 5.41) is 1.05. The van der Waals surface area contributed by atoms with Crippen LogP contribution in [0.2, 0.25) is 0 Å². The number of nitrogens with zero attached hydrogens (tertiary/aromatic N) is 4. The van der Waals surface area contributed by atoms with Gasteiger partial charge in [0, 0.05) is 6.20 Å². The van der Waals surface area contributed by atoms with Crippen molar-refractivity contribution < 1.29 is 29.6 Å². The minimum atomic E-state index is -0.300. The van der Waals surface area contributed by atoms with Gasteiger partial charge in [-0.25, -0.2) is 4.98 Å². The van der Waals surface area contributed by atoms with Crippen molar-refractivity contribution in [2.75, 3.05) is 0 Å². The van der Waals surface area contributed by atoms with Gasteiger partial charge in [-0.2, -0.15) is 0 Å². The van der Waals surface area contributed by atoms with Crippen molar-refractivity contribution in [1.29, 1.82) is 0 Å². The topological polar surface area (TPSA) is 36.9 Å². The molecule has 0 spiro atoms. The Bertz CT molecular complexity index is 3550. The minimum absolute atomic E-state index is 0.0285. The van der Waals surface area contributed by atoms with Crippen LogP contribution in [0.25, 0.3) is 66.6 Å². The summed E-state index contributed by atoms with van der Waals surface area (Å²) >= 11 is 2.53. The van der Waals surface area contributed by atoms with Gasteiger partial charge < -0.3 is 0 Å². The van der Waals surface area contributed by atoms with E-state index in [1.807, 2.05) is 30.3 Å². The molecular weight excluding hydrogens is 940 g/mol. The summed E-state index contributed by atoms with van der Waals surface area (Å²) in [4.78, 5) is 4.75. The average Bonchev–Trinajstić information content (AvgIpc) is 3.83. The number of rotatable bonds is 7. The summed E-state index contributed by atoms with van der Waals surface area (Å²) in [5.74, 6) is 1.52. The Morgan fingerprint density at radius 3 is 2.11 bits per heavy atom. The molecular formula is C56H44N4OPt-2. The van der Waals surface area contributed by atoms with Gasteiger partial charge in [0.15, 0.2) is 0 Å². The Kier molecular flexibility index (Phi) is 8.47. The third kappa shape index (κ3) is 6.58. The summed E-state index contributed by atoms with van der Waals surface area (Å²) in [6, 6.07) is 54.7. The number of hydrogen-bond donors (Lipinski definition) is 0. The molecule has 5 nitrogen and oxygen atoms in total. The van der Waals surface area contributed by atoms with E-state index in [2.05, 4.69) is 171 Å². The van der Waals surface area contributed by atoms with Crippen molar-refractivity contribution in [2.24, 2.45) is 0 Å². The van der Waals surface area contributed by atoms with Gasteiger partial charge in [0.25, 0.3) is 0 Å². The van der Waals surface area contributed by atoms with Crippen LogP contribution in [-0.2, 0) is 31.2 Å². The van der Waals surface area contributed by atoms with E-state index >= 15 is 0 Å². The molecule has 0 bridgehead atoms. The van der Waals surface area contributed by atoms with Crippen molar-refractivity contribution in [1.82, 2.24) is 18.7 Å². The van der Waals surface area contributed by atoms with E-state index in [0.29, 0.717) is 39.1 Å². The molecule has 3 aromatic heterocycles. The number of para-hydroxylation sites is 4. The van der Waals surface area contributed by atoms with Gasteiger partial charge >= 0.3 is 296 Å². The Morgan fingerprint density at radius 2 is 1.37 bits per heavy atom. The van der Waals surface area contributed by atoms with Gasteiger partial charge in [-0.15, -0.1) is 0 Å². The number of ether oxygens (including phenoxy) is 1. The number of benzene rings is 7. The molecule has 0 radical (unpaired) electrons. The molecule has 0 aliphatic heterocycles. The number of pyridine rings is 1. The van der Waals surface area contributed by atoms with E-state index in [9.17, 15) is 0 Å². The fourth-order valence-electron chi connectivity index (χ4n) is 9.15. The number of aromatic nitrogens is 4. The van der Waals surface area contributed by atoms with Crippen LogP contribution in [-0.4, -0.2) is 18.7 Å². The Balaban J connectivity index is 1.05. The van der Waals surface area contributed by atoms with Crippen LogP contribution >= 0.6 is 0 Å².